The maximum atomic E-state index is 12.0. The SMILES string of the molecule is Cc1c(N)cc(Br)cc1C(=O)Nc1ncc[nH]1. The number of nitrogens with one attached hydrogen (secondary N) is 2. The third kappa shape index (κ3) is 2.47. The van der Waals surface area contributed by atoms with Gasteiger partial charge in [0.2, 0.25) is 5.95 Å². The highest BCUT2D eigenvalue weighted by molar-refractivity contribution is 9.10. The molecule has 5 nitrogen and oxygen atoms in total. The van der Waals surface area contributed by atoms with Gasteiger partial charge in [-0.1, -0.05) is 15.9 Å². The fraction of sp³-hybridized carbons (Fsp3) is 0.0909. The summed E-state index contributed by atoms with van der Waals surface area (Å²) in [7, 11) is 0. The molecule has 0 radical (unpaired) electrons. The Morgan fingerprint density at radius 3 is 2.94 bits per heavy atom. The van der Waals surface area contributed by atoms with Crippen LogP contribution in [0.4, 0.5) is 11.6 Å². The summed E-state index contributed by atoms with van der Waals surface area (Å²) in [6.45, 7) is 1.80. The first-order valence-corrected chi connectivity index (χ1v) is 5.73. The van der Waals surface area contributed by atoms with Gasteiger partial charge in [0, 0.05) is 28.1 Å². The van der Waals surface area contributed by atoms with E-state index in [-0.39, 0.29) is 5.91 Å². The Morgan fingerprint density at radius 1 is 1.53 bits per heavy atom. The maximum Gasteiger partial charge on any atom is 0.258 e. The zero-order valence-electron chi connectivity index (χ0n) is 9.12. The fourth-order valence-corrected chi connectivity index (χ4v) is 1.92. The van der Waals surface area contributed by atoms with Crippen LogP contribution in [-0.2, 0) is 0 Å². The highest BCUT2D eigenvalue weighted by Crippen LogP contribution is 2.23. The molecule has 6 heteroatoms. The monoisotopic (exact) mass is 294 g/mol. The number of halogens is 1. The van der Waals surface area contributed by atoms with Crippen LogP contribution >= 0.6 is 15.9 Å². The second kappa shape index (κ2) is 4.58. The Balaban J connectivity index is 2.31. The molecule has 0 fully saturated rings. The molecule has 4 N–H and O–H groups in total. The molecule has 0 saturated heterocycles. The lowest BCUT2D eigenvalue weighted by molar-refractivity contribution is 0.102. The van der Waals surface area contributed by atoms with Gasteiger partial charge in [-0.05, 0) is 24.6 Å². The number of carbonyl (C=O) groups excluding carboxylic acids is 1. The summed E-state index contributed by atoms with van der Waals surface area (Å²) in [5, 5.41) is 2.65. The molecule has 88 valence electrons. The molecule has 17 heavy (non-hydrogen) atoms. The molecule has 2 rings (SSSR count). The number of aromatic amines is 1. The van der Waals surface area contributed by atoms with Crippen LogP contribution in [0.15, 0.2) is 29.0 Å². The average Bonchev–Trinajstić information content (AvgIpc) is 2.76. The minimum absolute atomic E-state index is 0.245. The highest BCUT2D eigenvalue weighted by atomic mass is 79.9. The average molecular weight is 295 g/mol. The predicted molar refractivity (Wildman–Crippen MR) is 69.8 cm³/mol. The summed E-state index contributed by atoms with van der Waals surface area (Å²) in [5.41, 5.74) is 7.64. The number of hydrogen-bond donors (Lipinski definition) is 3. The number of hydrogen-bond acceptors (Lipinski definition) is 3. The molecular weight excluding hydrogens is 284 g/mol. The van der Waals surface area contributed by atoms with Gasteiger partial charge in [0.1, 0.15) is 0 Å². The second-order valence-electron chi connectivity index (χ2n) is 3.56. The van der Waals surface area contributed by atoms with Crippen LogP contribution in [0.3, 0.4) is 0 Å². The van der Waals surface area contributed by atoms with Gasteiger partial charge in [0.25, 0.3) is 5.91 Å². The van der Waals surface area contributed by atoms with Gasteiger partial charge in [-0.3, -0.25) is 10.1 Å². The van der Waals surface area contributed by atoms with Gasteiger partial charge in [-0.2, -0.15) is 0 Å². The van der Waals surface area contributed by atoms with Gasteiger partial charge in [-0.15, -0.1) is 0 Å². The van der Waals surface area contributed by atoms with Crippen LogP contribution in [0.25, 0.3) is 0 Å². The molecule has 1 aromatic carbocycles. The van der Waals surface area contributed by atoms with E-state index in [0.29, 0.717) is 17.2 Å². The number of nitrogen functional groups attached to an aromatic ring is 1. The Bertz CT molecular complexity index is 551. The summed E-state index contributed by atoms with van der Waals surface area (Å²) in [5.74, 6) is 0.165. The van der Waals surface area contributed by atoms with Crippen molar-refractivity contribution in [1.29, 1.82) is 0 Å². The highest BCUT2D eigenvalue weighted by Gasteiger charge is 2.13. The van der Waals surface area contributed by atoms with Crippen molar-refractivity contribution in [2.75, 3.05) is 11.1 Å². The molecule has 0 aliphatic heterocycles. The molecule has 2 aromatic rings. The number of carbonyl (C=O) groups is 1. The van der Waals surface area contributed by atoms with Gasteiger partial charge in [-0.25, -0.2) is 4.98 Å². The molecule has 0 atom stereocenters. The minimum atomic E-state index is -0.245. The summed E-state index contributed by atoms with van der Waals surface area (Å²) < 4.78 is 0.769. The minimum Gasteiger partial charge on any atom is -0.398 e. The van der Waals surface area contributed by atoms with Gasteiger partial charge in [0.05, 0.1) is 0 Å². The van der Waals surface area contributed by atoms with E-state index >= 15 is 0 Å². The normalized spacial score (nSPS) is 10.2. The molecule has 0 bridgehead atoms. The molecule has 1 aromatic heterocycles. The molecule has 0 spiro atoms. The number of aromatic nitrogens is 2. The topological polar surface area (TPSA) is 83.8 Å². The van der Waals surface area contributed by atoms with E-state index in [0.717, 1.165) is 10.0 Å². The van der Waals surface area contributed by atoms with Crippen molar-refractivity contribution in [3.8, 4) is 0 Å². The van der Waals surface area contributed by atoms with Crippen molar-refractivity contribution in [2.45, 2.75) is 6.92 Å². The third-order valence-electron chi connectivity index (χ3n) is 2.39. The van der Waals surface area contributed by atoms with Crippen LogP contribution in [0.5, 0.6) is 0 Å². The van der Waals surface area contributed by atoms with Crippen LogP contribution in [0, 0.1) is 6.92 Å². The lowest BCUT2D eigenvalue weighted by atomic mass is 10.1. The van der Waals surface area contributed by atoms with Gasteiger partial charge < -0.3 is 10.7 Å². The molecule has 1 amide bonds. The number of nitrogens with zero attached hydrogens (tertiary/aromatic N) is 1. The first-order chi connectivity index (χ1) is 8.08. The quantitative estimate of drug-likeness (QED) is 0.743. The van der Waals surface area contributed by atoms with E-state index in [2.05, 4.69) is 31.2 Å². The number of nitrogens with two attached hydrogens (primary N) is 1. The summed E-state index contributed by atoms with van der Waals surface area (Å²) in [6, 6.07) is 3.49. The van der Waals surface area contributed by atoms with E-state index in [1.54, 1.807) is 31.5 Å². The van der Waals surface area contributed by atoms with E-state index in [4.69, 9.17) is 5.73 Å². The van der Waals surface area contributed by atoms with Crippen molar-refractivity contribution in [3.05, 3.63) is 40.1 Å². The maximum absolute atomic E-state index is 12.0. The van der Waals surface area contributed by atoms with Gasteiger partial charge >= 0.3 is 0 Å². The molecule has 0 aliphatic carbocycles. The number of rotatable bonds is 2. The molecule has 0 aliphatic rings. The lowest BCUT2D eigenvalue weighted by Gasteiger charge is -2.08. The van der Waals surface area contributed by atoms with Crippen molar-refractivity contribution >= 4 is 33.5 Å². The van der Waals surface area contributed by atoms with Crippen molar-refractivity contribution in [3.63, 3.8) is 0 Å². The van der Waals surface area contributed by atoms with Crippen molar-refractivity contribution < 1.29 is 4.79 Å². The summed E-state index contributed by atoms with van der Waals surface area (Å²) >= 11 is 3.31. The number of H-pyrrole nitrogens is 1. The van der Waals surface area contributed by atoms with E-state index in [1.807, 2.05) is 0 Å². The first kappa shape index (κ1) is 11.7. The molecule has 1 heterocycles. The number of imidazole rings is 1. The Hall–Kier alpha value is -1.82. The van der Waals surface area contributed by atoms with Crippen LogP contribution < -0.4 is 11.1 Å². The predicted octanol–water partition coefficient (Wildman–Crippen LogP) is 2.32. The molecular formula is C11H11BrN4O. The third-order valence-corrected chi connectivity index (χ3v) is 2.85. The molecule has 0 unspecified atom stereocenters. The van der Waals surface area contributed by atoms with Crippen molar-refractivity contribution in [2.24, 2.45) is 0 Å². The Morgan fingerprint density at radius 2 is 2.29 bits per heavy atom. The smallest absolute Gasteiger partial charge is 0.258 e. The fourth-order valence-electron chi connectivity index (χ4n) is 1.44. The first-order valence-electron chi connectivity index (χ1n) is 4.94. The van der Waals surface area contributed by atoms with Gasteiger partial charge in [0.15, 0.2) is 0 Å². The zero-order valence-corrected chi connectivity index (χ0v) is 10.7. The van der Waals surface area contributed by atoms with Crippen LogP contribution in [-0.4, -0.2) is 15.9 Å². The number of benzene rings is 1. The van der Waals surface area contributed by atoms with E-state index < -0.39 is 0 Å². The number of anilines is 2. The zero-order chi connectivity index (χ0) is 12.4. The lowest BCUT2D eigenvalue weighted by Crippen LogP contribution is -2.15. The van der Waals surface area contributed by atoms with Crippen LogP contribution in [0.1, 0.15) is 15.9 Å². The molecule has 0 saturated carbocycles. The number of amides is 1. The van der Waals surface area contributed by atoms with Crippen LogP contribution in [0.2, 0.25) is 0 Å². The second-order valence-corrected chi connectivity index (χ2v) is 4.48. The van der Waals surface area contributed by atoms with Crippen molar-refractivity contribution in [1.82, 2.24) is 9.97 Å². The summed E-state index contributed by atoms with van der Waals surface area (Å²) in [4.78, 5) is 18.7. The standard InChI is InChI=1S/C11H11BrN4O/c1-6-8(4-7(12)5-9(6)13)10(17)16-11-14-2-3-15-11/h2-5H,13H2,1H3,(H2,14,15,16,17). The largest absolute Gasteiger partial charge is 0.398 e. The Labute approximate surface area is 107 Å². The van der Waals surface area contributed by atoms with E-state index in [9.17, 15) is 4.79 Å². The Kier molecular flexibility index (Phi) is 3.14. The van der Waals surface area contributed by atoms with E-state index in [1.165, 1.54) is 0 Å². The summed E-state index contributed by atoms with van der Waals surface area (Å²) in [6.07, 6.45) is 3.20.